The molecule has 1 N–H and O–H groups in total. The van der Waals surface area contributed by atoms with Crippen LogP contribution in [0.5, 0.6) is 5.75 Å². The minimum absolute atomic E-state index is 0.0454. The van der Waals surface area contributed by atoms with Crippen molar-refractivity contribution in [2.75, 3.05) is 13.2 Å². The Labute approximate surface area is 146 Å². The number of carbonyl (C=O) groups is 1. The van der Waals surface area contributed by atoms with Gasteiger partial charge in [0.15, 0.2) is 6.61 Å². The zero-order valence-electron chi connectivity index (χ0n) is 14.6. The first-order valence-electron chi connectivity index (χ1n) is 8.56. The highest BCUT2D eigenvalue weighted by Crippen LogP contribution is 2.38. The molecular formula is C19H23N3O3. The minimum Gasteiger partial charge on any atom is -0.484 e. The molecule has 1 saturated carbocycles. The summed E-state index contributed by atoms with van der Waals surface area (Å²) in [5, 5.41) is 2.75. The number of ether oxygens (including phenoxy) is 1. The predicted molar refractivity (Wildman–Crippen MR) is 94.9 cm³/mol. The first-order valence-corrected chi connectivity index (χ1v) is 8.56. The van der Waals surface area contributed by atoms with Gasteiger partial charge in [0.1, 0.15) is 5.75 Å². The van der Waals surface area contributed by atoms with Crippen LogP contribution >= 0.6 is 0 Å². The molecule has 1 aromatic heterocycles. The third-order valence-electron chi connectivity index (χ3n) is 4.42. The maximum absolute atomic E-state index is 12.0. The molecule has 0 spiro atoms. The Morgan fingerprint density at radius 3 is 2.76 bits per heavy atom. The molecule has 0 unspecified atom stereocenters. The van der Waals surface area contributed by atoms with Gasteiger partial charge in [0.25, 0.3) is 11.5 Å². The lowest BCUT2D eigenvalue weighted by molar-refractivity contribution is -0.123. The van der Waals surface area contributed by atoms with Crippen molar-refractivity contribution in [3.8, 4) is 5.75 Å². The number of benzene rings is 1. The van der Waals surface area contributed by atoms with Gasteiger partial charge in [-0.25, -0.2) is 4.98 Å². The van der Waals surface area contributed by atoms with E-state index in [1.807, 2.05) is 32.0 Å². The number of carbonyl (C=O) groups excluding carboxylic acids is 1. The molecular weight excluding hydrogens is 318 g/mol. The standard InChI is InChI=1S/C19H23N3O3/c1-13-3-6-16(9-14(13)2)25-11-18(23)20-7-8-22-12-21-17(10-19(22)24)15-4-5-15/h3,6,9-10,12,15H,4-5,7-8,11H2,1-2H3,(H,20,23). The van der Waals surface area contributed by atoms with Crippen molar-refractivity contribution in [1.82, 2.24) is 14.9 Å². The van der Waals surface area contributed by atoms with E-state index in [4.69, 9.17) is 4.74 Å². The second-order valence-corrected chi connectivity index (χ2v) is 6.50. The number of nitrogens with zero attached hydrogens (tertiary/aromatic N) is 2. The summed E-state index contributed by atoms with van der Waals surface area (Å²) < 4.78 is 7.00. The van der Waals surface area contributed by atoms with Crippen molar-refractivity contribution in [1.29, 1.82) is 0 Å². The summed E-state index contributed by atoms with van der Waals surface area (Å²) in [6.07, 6.45) is 3.80. The number of nitrogens with one attached hydrogen (secondary N) is 1. The normalized spacial score (nSPS) is 13.5. The van der Waals surface area contributed by atoms with E-state index < -0.39 is 0 Å². The molecule has 1 heterocycles. The van der Waals surface area contributed by atoms with Crippen molar-refractivity contribution in [3.05, 3.63) is 57.8 Å². The third-order valence-corrected chi connectivity index (χ3v) is 4.42. The molecule has 1 aromatic carbocycles. The molecule has 25 heavy (non-hydrogen) atoms. The third kappa shape index (κ3) is 4.68. The summed E-state index contributed by atoms with van der Waals surface area (Å²) in [6, 6.07) is 7.33. The molecule has 0 atom stereocenters. The molecule has 1 aliphatic carbocycles. The molecule has 6 nitrogen and oxygen atoms in total. The zero-order chi connectivity index (χ0) is 17.8. The van der Waals surface area contributed by atoms with E-state index in [-0.39, 0.29) is 18.1 Å². The molecule has 2 aromatic rings. The van der Waals surface area contributed by atoms with Gasteiger partial charge in [0, 0.05) is 25.1 Å². The van der Waals surface area contributed by atoms with E-state index in [1.165, 1.54) is 10.1 Å². The highest BCUT2D eigenvalue weighted by molar-refractivity contribution is 5.77. The first-order chi connectivity index (χ1) is 12.0. The lowest BCUT2D eigenvalue weighted by Crippen LogP contribution is -2.33. The van der Waals surface area contributed by atoms with Crippen molar-refractivity contribution >= 4 is 5.91 Å². The molecule has 1 fully saturated rings. The number of aryl methyl sites for hydroxylation is 2. The van der Waals surface area contributed by atoms with Crippen LogP contribution in [0.15, 0.2) is 35.4 Å². The Morgan fingerprint density at radius 2 is 2.08 bits per heavy atom. The van der Waals surface area contributed by atoms with Gasteiger partial charge in [-0.3, -0.25) is 14.2 Å². The maximum atomic E-state index is 12.0. The smallest absolute Gasteiger partial charge is 0.258 e. The summed E-state index contributed by atoms with van der Waals surface area (Å²) in [4.78, 5) is 28.2. The van der Waals surface area contributed by atoms with Crippen LogP contribution in [0.1, 0.15) is 35.6 Å². The van der Waals surface area contributed by atoms with Crippen LogP contribution in [0.4, 0.5) is 0 Å². The predicted octanol–water partition coefficient (Wildman–Crippen LogP) is 1.93. The minimum atomic E-state index is -0.214. The van der Waals surface area contributed by atoms with Gasteiger partial charge in [-0.05, 0) is 49.9 Å². The molecule has 0 radical (unpaired) electrons. The monoisotopic (exact) mass is 341 g/mol. The molecule has 132 valence electrons. The maximum Gasteiger partial charge on any atom is 0.258 e. The molecule has 1 aliphatic rings. The van der Waals surface area contributed by atoms with Crippen LogP contribution in [0.25, 0.3) is 0 Å². The van der Waals surface area contributed by atoms with E-state index in [0.29, 0.717) is 24.8 Å². The van der Waals surface area contributed by atoms with Gasteiger partial charge in [0.2, 0.25) is 0 Å². The Hall–Kier alpha value is -2.63. The van der Waals surface area contributed by atoms with Crippen LogP contribution in [0.2, 0.25) is 0 Å². The second kappa shape index (κ2) is 7.51. The van der Waals surface area contributed by atoms with Crippen LogP contribution in [-0.4, -0.2) is 28.6 Å². The van der Waals surface area contributed by atoms with E-state index in [2.05, 4.69) is 10.3 Å². The fourth-order valence-electron chi connectivity index (χ4n) is 2.53. The van der Waals surface area contributed by atoms with Gasteiger partial charge >= 0.3 is 0 Å². The molecule has 1 amide bonds. The molecule has 0 aliphatic heterocycles. The number of hydrogen-bond donors (Lipinski definition) is 1. The molecule has 0 bridgehead atoms. The summed E-state index contributed by atoms with van der Waals surface area (Å²) in [5.41, 5.74) is 3.12. The van der Waals surface area contributed by atoms with Crippen LogP contribution in [0.3, 0.4) is 0 Å². The lowest BCUT2D eigenvalue weighted by Gasteiger charge is -2.10. The van der Waals surface area contributed by atoms with Gasteiger partial charge in [-0.15, -0.1) is 0 Å². The number of hydrogen-bond acceptors (Lipinski definition) is 4. The van der Waals surface area contributed by atoms with E-state index in [1.54, 1.807) is 12.4 Å². The van der Waals surface area contributed by atoms with E-state index >= 15 is 0 Å². The number of rotatable bonds is 7. The van der Waals surface area contributed by atoms with Crippen LogP contribution < -0.4 is 15.6 Å². The van der Waals surface area contributed by atoms with Crippen molar-refractivity contribution in [2.45, 2.75) is 39.2 Å². The molecule has 3 rings (SSSR count). The summed E-state index contributed by atoms with van der Waals surface area (Å²) in [7, 11) is 0. The number of amides is 1. The lowest BCUT2D eigenvalue weighted by atomic mass is 10.1. The molecule has 6 heteroatoms. The highest BCUT2D eigenvalue weighted by Gasteiger charge is 2.25. The van der Waals surface area contributed by atoms with Crippen LogP contribution in [-0.2, 0) is 11.3 Å². The highest BCUT2D eigenvalue weighted by atomic mass is 16.5. The van der Waals surface area contributed by atoms with Gasteiger partial charge in [0.05, 0.1) is 12.0 Å². The fourth-order valence-corrected chi connectivity index (χ4v) is 2.53. The van der Waals surface area contributed by atoms with E-state index in [0.717, 1.165) is 24.1 Å². The SMILES string of the molecule is Cc1ccc(OCC(=O)NCCn2cnc(C3CC3)cc2=O)cc1C. The fraction of sp³-hybridized carbons (Fsp3) is 0.421. The van der Waals surface area contributed by atoms with Gasteiger partial charge in [-0.1, -0.05) is 6.07 Å². The van der Waals surface area contributed by atoms with Gasteiger partial charge < -0.3 is 10.1 Å². The Balaban J connectivity index is 1.43. The van der Waals surface area contributed by atoms with Crippen molar-refractivity contribution < 1.29 is 9.53 Å². The average molecular weight is 341 g/mol. The zero-order valence-corrected chi connectivity index (χ0v) is 14.6. The Bertz CT molecular complexity index is 825. The second-order valence-electron chi connectivity index (χ2n) is 6.50. The Kier molecular flexibility index (Phi) is 5.16. The molecule has 0 saturated heterocycles. The van der Waals surface area contributed by atoms with Crippen molar-refractivity contribution in [2.24, 2.45) is 0 Å². The summed E-state index contributed by atoms with van der Waals surface area (Å²) in [5.74, 6) is 0.924. The summed E-state index contributed by atoms with van der Waals surface area (Å²) >= 11 is 0. The topological polar surface area (TPSA) is 73.2 Å². The first kappa shape index (κ1) is 17.2. The number of aromatic nitrogens is 2. The average Bonchev–Trinajstić information content (AvgIpc) is 3.42. The summed E-state index contributed by atoms with van der Waals surface area (Å²) in [6.45, 7) is 4.74. The van der Waals surface area contributed by atoms with E-state index in [9.17, 15) is 9.59 Å². The van der Waals surface area contributed by atoms with Crippen LogP contribution in [0, 0.1) is 13.8 Å². The Morgan fingerprint density at radius 1 is 1.28 bits per heavy atom. The largest absolute Gasteiger partial charge is 0.484 e. The quantitative estimate of drug-likeness (QED) is 0.835. The van der Waals surface area contributed by atoms with Crippen molar-refractivity contribution in [3.63, 3.8) is 0 Å². The van der Waals surface area contributed by atoms with Gasteiger partial charge in [-0.2, -0.15) is 0 Å².